The summed E-state index contributed by atoms with van der Waals surface area (Å²) in [5, 5.41) is 7.12. The van der Waals surface area contributed by atoms with Crippen LogP contribution in [-0.2, 0) is 0 Å². The summed E-state index contributed by atoms with van der Waals surface area (Å²) in [4.78, 5) is 12.0. The molecular weight excluding hydrogens is 226 g/mol. The first-order valence-corrected chi connectivity index (χ1v) is 6.12. The molecule has 0 saturated carbocycles. The molecule has 1 amide bonds. The fourth-order valence-electron chi connectivity index (χ4n) is 1.72. The van der Waals surface area contributed by atoms with E-state index in [1.165, 1.54) is 0 Å². The van der Waals surface area contributed by atoms with E-state index in [1.54, 1.807) is 18.3 Å². The number of benzene rings is 1. The third-order valence-electron chi connectivity index (χ3n) is 2.96. The molecule has 1 aromatic heterocycles. The second-order valence-electron chi connectivity index (χ2n) is 4.24. The molecule has 0 aliphatic rings. The Hall–Kier alpha value is -2.10. The predicted octanol–water partition coefficient (Wildman–Crippen LogP) is 3.11. The molecule has 94 valence electrons. The van der Waals surface area contributed by atoms with Crippen LogP contribution in [0.15, 0.2) is 42.6 Å². The van der Waals surface area contributed by atoms with Crippen LogP contribution in [0.1, 0.15) is 36.7 Å². The summed E-state index contributed by atoms with van der Waals surface area (Å²) in [5.74, 6) is 0.624. The molecule has 0 aliphatic heterocycles. The van der Waals surface area contributed by atoms with Crippen molar-refractivity contribution >= 4 is 11.7 Å². The van der Waals surface area contributed by atoms with Crippen LogP contribution >= 0.6 is 0 Å². The average molecular weight is 243 g/mol. The summed E-state index contributed by atoms with van der Waals surface area (Å²) in [6.45, 7) is 4.17. The first kappa shape index (κ1) is 12.4. The SMILES string of the molecule is CCC(C)n1nccc1NC(=O)c1ccccc1. The number of hydrogen-bond donors (Lipinski definition) is 1. The molecule has 2 aromatic rings. The normalized spacial score (nSPS) is 12.1. The zero-order chi connectivity index (χ0) is 13.0. The summed E-state index contributed by atoms with van der Waals surface area (Å²) in [6.07, 6.45) is 2.67. The lowest BCUT2D eigenvalue weighted by Gasteiger charge is -2.14. The Labute approximate surface area is 107 Å². The first-order valence-electron chi connectivity index (χ1n) is 6.12. The molecule has 0 saturated heterocycles. The molecule has 1 heterocycles. The van der Waals surface area contributed by atoms with E-state index in [-0.39, 0.29) is 11.9 Å². The zero-order valence-corrected chi connectivity index (χ0v) is 10.6. The number of hydrogen-bond acceptors (Lipinski definition) is 2. The highest BCUT2D eigenvalue weighted by Crippen LogP contribution is 2.17. The van der Waals surface area contributed by atoms with E-state index >= 15 is 0 Å². The molecule has 1 unspecified atom stereocenters. The monoisotopic (exact) mass is 243 g/mol. The maximum absolute atomic E-state index is 12.0. The maximum atomic E-state index is 12.0. The number of carbonyl (C=O) groups is 1. The van der Waals surface area contributed by atoms with Gasteiger partial charge in [0.2, 0.25) is 0 Å². The molecule has 18 heavy (non-hydrogen) atoms. The van der Waals surface area contributed by atoms with Crippen LogP contribution in [0.25, 0.3) is 0 Å². The van der Waals surface area contributed by atoms with Gasteiger partial charge in [-0.05, 0) is 25.5 Å². The number of nitrogens with zero attached hydrogens (tertiary/aromatic N) is 2. The summed E-state index contributed by atoms with van der Waals surface area (Å²) in [5.41, 5.74) is 0.648. The van der Waals surface area contributed by atoms with Crippen LogP contribution in [0.3, 0.4) is 0 Å². The Balaban J connectivity index is 2.15. The number of carbonyl (C=O) groups excluding carboxylic acids is 1. The van der Waals surface area contributed by atoms with E-state index in [0.29, 0.717) is 5.56 Å². The van der Waals surface area contributed by atoms with E-state index in [0.717, 1.165) is 12.2 Å². The minimum absolute atomic E-state index is 0.111. The van der Waals surface area contributed by atoms with Crippen molar-refractivity contribution in [3.63, 3.8) is 0 Å². The molecular formula is C14H17N3O. The molecule has 2 rings (SSSR count). The van der Waals surface area contributed by atoms with Gasteiger partial charge in [-0.25, -0.2) is 4.68 Å². The quantitative estimate of drug-likeness (QED) is 0.896. The van der Waals surface area contributed by atoms with Crippen molar-refractivity contribution in [3.05, 3.63) is 48.2 Å². The van der Waals surface area contributed by atoms with Crippen LogP contribution in [0.4, 0.5) is 5.82 Å². The smallest absolute Gasteiger partial charge is 0.256 e. The van der Waals surface area contributed by atoms with Gasteiger partial charge in [-0.15, -0.1) is 0 Å². The molecule has 1 N–H and O–H groups in total. The number of nitrogens with one attached hydrogen (secondary N) is 1. The van der Waals surface area contributed by atoms with Crippen molar-refractivity contribution in [1.82, 2.24) is 9.78 Å². The number of anilines is 1. The van der Waals surface area contributed by atoms with Crippen LogP contribution in [0, 0.1) is 0 Å². The fraction of sp³-hybridized carbons (Fsp3) is 0.286. The van der Waals surface area contributed by atoms with E-state index < -0.39 is 0 Å². The fourth-order valence-corrected chi connectivity index (χ4v) is 1.72. The lowest BCUT2D eigenvalue weighted by Crippen LogP contribution is -2.17. The van der Waals surface area contributed by atoms with Crippen LogP contribution in [-0.4, -0.2) is 15.7 Å². The Morgan fingerprint density at radius 2 is 2.06 bits per heavy atom. The predicted molar refractivity (Wildman–Crippen MR) is 71.6 cm³/mol. The van der Waals surface area contributed by atoms with Crippen molar-refractivity contribution in [2.75, 3.05) is 5.32 Å². The minimum atomic E-state index is -0.111. The second kappa shape index (κ2) is 5.49. The molecule has 1 aromatic carbocycles. The Morgan fingerprint density at radius 3 is 2.72 bits per heavy atom. The number of amides is 1. The van der Waals surface area contributed by atoms with E-state index in [4.69, 9.17) is 0 Å². The van der Waals surface area contributed by atoms with Gasteiger partial charge in [-0.1, -0.05) is 25.1 Å². The third-order valence-corrected chi connectivity index (χ3v) is 2.96. The van der Waals surface area contributed by atoms with Gasteiger partial charge in [0.25, 0.3) is 5.91 Å². The van der Waals surface area contributed by atoms with Crippen molar-refractivity contribution in [1.29, 1.82) is 0 Å². The van der Waals surface area contributed by atoms with Gasteiger partial charge in [0.1, 0.15) is 5.82 Å². The number of aromatic nitrogens is 2. The molecule has 0 aliphatic carbocycles. The molecule has 4 heteroatoms. The van der Waals surface area contributed by atoms with Gasteiger partial charge in [-0.3, -0.25) is 4.79 Å². The molecule has 0 radical (unpaired) electrons. The first-order chi connectivity index (χ1) is 8.72. The highest BCUT2D eigenvalue weighted by atomic mass is 16.1. The van der Waals surface area contributed by atoms with Gasteiger partial charge in [0, 0.05) is 11.6 Å². The molecule has 4 nitrogen and oxygen atoms in total. The van der Waals surface area contributed by atoms with Crippen molar-refractivity contribution in [2.24, 2.45) is 0 Å². The van der Waals surface area contributed by atoms with Gasteiger partial charge in [0.05, 0.1) is 12.2 Å². The van der Waals surface area contributed by atoms with E-state index in [2.05, 4.69) is 24.3 Å². The third kappa shape index (κ3) is 2.59. The van der Waals surface area contributed by atoms with Crippen molar-refractivity contribution < 1.29 is 4.79 Å². The van der Waals surface area contributed by atoms with Gasteiger partial charge in [0.15, 0.2) is 0 Å². The highest BCUT2D eigenvalue weighted by Gasteiger charge is 2.11. The minimum Gasteiger partial charge on any atom is -0.307 e. The Bertz CT molecular complexity index is 519. The summed E-state index contributed by atoms with van der Waals surface area (Å²) in [7, 11) is 0. The molecule has 1 atom stereocenters. The van der Waals surface area contributed by atoms with Gasteiger partial charge >= 0.3 is 0 Å². The Morgan fingerprint density at radius 1 is 1.33 bits per heavy atom. The van der Waals surface area contributed by atoms with E-state index in [1.807, 2.05) is 28.9 Å². The highest BCUT2D eigenvalue weighted by molar-refractivity contribution is 6.03. The van der Waals surface area contributed by atoms with Crippen LogP contribution in [0.5, 0.6) is 0 Å². The lowest BCUT2D eigenvalue weighted by atomic mass is 10.2. The van der Waals surface area contributed by atoms with Gasteiger partial charge < -0.3 is 5.32 Å². The molecule has 0 bridgehead atoms. The average Bonchev–Trinajstić information content (AvgIpc) is 2.87. The van der Waals surface area contributed by atoms with Crippen LogP contribution < -0.4 is 5.32 Å². The number of rotatable bonds is 4. The van der Waals surface area contributed by atoms with E-state index in [9.17, 15) is 4.79 Å². The largest absolute Gasteiger partial charge is 0.307 e. The maximum Gasteiger partial charge on any atom is 0.256 e. The summed E-state index contributed by atoms with van der Waals surface area (Å²) < 4.78 is 1.83. The van der Waals surface area contributed by atoms with Crippen LogP contribution in [0.2, 0.25) is 0 Å². The Kier molecular flexibility index (Phi) is 3.77. The topological polar surface area (TPSA) is 46.9 Å². The zero-order valence-electron chi connectivity index (χ0n) is 10.6. The lowest BCUT2D eigenvalue weighted by molar-refractivity contribution is 0.102. The van der Waals surface area contributed by atoms with Gasteiger partial charge in [-0.2, -0.15) is 5.10 Å². The standard InChI is InChI=1S/C14H17N3O/c1-3-11(2)17-13(9-10-15-17)16-14(18)12-7-5-4-6-8-12/h4-11H,3H2,1-2H3,(H,16,18). The molecule has 0 spiro atoms. The molecule has 0 fully saturated rings. The summed E-state index contributed by atoms with van der Waals surface area (Å²) >= 11 is 0. The summed E-state index contributed by atoms with van der Waals surface area (Å²) in [6, 6.07) is 11.2. The second-order valence-corrected chi connectivity index (χ2v) is 4.24. The van der Waals surface area contributed by atoms with Crippen molar-refractivity contribution in [2.45, 2.75) is 26.3 Å². The van der Waals surface area contributed by atoms with Crippen molar-refractivity contribution in [3.8, 4) is 0 Å².